The Morgan fingerprint density at radius 3 is 2.74 bits per heavy atom. The summed E-state index contributed by atoms with van der Waals surface area (Å²) in [5.74, 6) is -1.18. The van der Waals surface area contributed by atoms with Gasteiger partial charge in [-0.2, -0.15) is 0 Å². The van der Waals surface area contributed by atoms with Gasteiger partial charge in [-0.3, -0.25) is 0 Å². The van der Waals surface area contributed by atoms with E-state index in [9.17, 15) is 9.59 Å². The summed E-state index contributed by atoms with van der Waals surface area (Å²) in [6.45, 7) is -0.128. The van der Waals surface area contributed by atoms with Gasteiger partial charge in [0.25, 0.3) is 0 Å². The van der Waals surface area contributed by atoms with Gasteiger partial charge >= 0.3 is 12.0 Å². The fourth-order valence-corrected chi connectivity index (χ4v) is 1.97. The van der Waals surface area contributed by atoms with Crippen LogP contribution < -0.4 is 10.6 Å². The van der Waals surface area contributed by atoms with Crippen molar-refractivity contribution in [1.29, 1.82) is 0 Å². The third kappa shape index (κ3) is 5.06. The maximum Gasteiger partial charge on any atom is 0.328 e. The van der Waals surface area contributed by atoms with Gasteiger partial charge in [0.2, 0.25) is 0 Å². The molecule has 2 amide bonds. The van der Waals surface area contributed by atoms with Crippen molar-refractivity contribution in [3.8, 4) is 0 Å². The van der Waals surface area contributed by atoms with Crippen molar-refractivity contribution in [2.45, 2.75) is 6.04 Å². The van der Waals surface area contributed by atoms with Crippen molar-refractivity contribution in [3.63, 3.8) is 0 Å². The van der Waals surface area contributed by atoms with Crippen LogP contribution in [0.4, 0.5) is 10.5 Å². The summed E-state index contributed by atoms with van der Waals surface area (Å²) >= 11 is 9.16. The Hall–Kier alpha value is -1.31. The van der Waals surface area contributed by atoms with Crippen LogP contribution in [-0.4, -0.2) is 36.9 Å². The molecule has 0 aliphatic rings. The van der Waals surface area contributed by atoms with E-state index < -0.39 is 18.0 Å². The maximum absolute atomic E-state index is 11.6. The zero-order chi connectivity index (χ0) is 14.4. The quantitative estimate of drug-likeness (QED) is 0.760. The number of amides is 2. The first-order valence-electron chi connectivity index (χ1n) is 5.18. The first-order chi connectivity index (χ1) is 8.93. The molecule has 0 aliphatic heterocycles. The molecule has 0 radical (unpaired) electrons. The van der Waals surface area contributed by atoms with Crippen LogP contribution in [0, 0.1) is 0 Å². The largest absolute Gasteiger partial charge is 0.480 e. The van der Waals surface area contributed by atoms with E-state index in [1.807, 2.05) is 0 Å². The molecule has 0 saturated heterocycles. The van der Waals surface area contributed by atoms with Gasteiger partial charge in [-0.05, 0) is 18.2 Å². The number of carbonyl (C=O) groups excluding carboxylic acids is 1. The number of carbonyl (C=O) groups is 2. The van der Waals surface area contributed by atoms with Gasteiger partial charge in [0.1, 0.15) is 0 Å². The molecule has 1 aromatic rings. The van der Waals surface area contributed by atoms with Crippen molar-refractivity contribution in [3.05, 3.63) is 27.7 Å². The number of nitrogens with one attached hydrogen (secondary N) is 2. The van der Waals surface area contributed by atoms with Gasteiger partial charge in [-0.1, -0.05) is 27.5 Å². The number of carboxylic acids is 1. The molecule has 0 heterocycles. The Balaban J connectivity index is 2.66. The molecule has 19 heavy (non-hydrogen) atoms. The zero-order valence-corrected chi connectivity index (χ0v) is 12.3. The molecule has 0 spiro atoms. The van der Waals surface area contributed by atoms with Crippen LogP contribution in [0.5, 0.6) is 0 Å². The number of hydrogen-bond acceptors (Lipinski definition) is 3. The summed E-state index contributed by atoms with van der Waals surface area (Å²) in [7, 11) is 1.35. The molecule has 1 rings (SSSR count). The van der Waals surface area contributed by atoms with Crippen LogP contribution in [-0.2, 0) is 9.53 Å². The lowest BCUT2D eigenvalue weighted by molar-refractivity contribution is -0.140. The minimum Gasteiger partial charge on any atom is -0.480 e. The first-order valence-corrected chi connectivity index (χ1v) is 6.35. The number of carboxylic acid groups (broad SMARTS) is 1. The highest BCUT2D eigenvalue weighted by Gasteiger charge is 2.19. The van der Waals surface area contributed by atoms with E-state index in [1.54, 1.807) is 18.2 Å². The van der Waals surface area contributed by atoms with E-state index in [-0.39, 0.29) is 6.61 Å². The number of urea groups is 1. The smallest absolute Gasteiger partial charge is 0.328 e. The standard InChI is InChI=1S/C11H12BrClN2O4/c1-19-5-9(10(16)17)15-11(18)14-8-3-2-6(12)4-7(8)13/h2-4,9H,5H2,1H3,(H,16,17)(H2,14,15,18). The molecule has 0 aliphatic carbocycles. The Morgan fingerprint density at radius 1 is 1.53 bits per heavy atom. The van der Waals surface area contributed by atoms with Gasteiger partial charge < -0.3 is 20.5 Å². The number of ether oxygens (including phenoxy) is 1. The molecule has 104 valence electrons. The molecule has 0 aromatic heterocycles. The second-order valence-electron chi connectivity index (χ2n) is 3.57. The molecular weight excluding hydrogens is 339 g/mol. The lowest BCUT2D eigenvalue weighted by atomic mass is 10.3. The summed E-state index contributed by atoms with van der Waals surface area (Å²) in [5, 5.41) is 13.9. The van der Waals surface area contributed by atoms with E-state index in [0.717, 1.165) is 4.47 Å². The summed E-state index contributed by atoms with van der Waals surface area (Å²) in [4.78, 5) is 22.5. The number of methoxy groups -OCH3 is 1. The van der Waals surface area contributed by atoms with Crippen molar-refractivity contribution in [2.24, 2.45) is 0 Å². The number of rotatable bonds is 5. The molecule has 3 N–H and O–H groups in total. The molecule has 1 atom stereocenters. The fraction of sp³-hybridized carbons (Fsp3) is 0.273. The van der Waals surface area contributed by atoms with Gasteiger partial charge in [0, 0.05) is 11.6 Å². The summed E-state index contributed by atoms with van der Waals surface area (Å²) < 4.78 is 5.47. The van der Waals surface area contributed by atoms with Gasteiger partial charge in [0.15, 0.2) is 6.04 Å². The maximum atomic E-state index is 11.6. The lowest BCUT2D eigenvalue weighted by Gasteiger charge is -2.14. The van der Waals surface area contributed by atoms with E-state index in [2.05, 4.69) is 26.6 Å². The fourth-order valence-electron chi connectivity index (χ4n) is 1.25. The van der Waals surface area contributed by atoms with Gasteiger partial charge in [-0.25, -0.2) is 9.59 Å². The lowest BCUT2D eigenvalue weighted by Crippen LogP contribution is -2.45. The van der Waals surface area contributed by atoms with Crippen LogP contribution in [0.2, 0.25) is 5.02 Å². The van der Waals surface area contributed by atoms with Gasteiger partial charge in [-0.15, -0.1) is 0 Å². The number of benzene rings is 1. The second kappa shape index (κ2) is 7.32. The molecule has 1 unspecified atom stereocenters. The molecule has 0 bridgehead atoms. The highest BCUT2D eigenvalue weighted by molar-refractivity contribution is 9.10. The molecule has 1 aromatic carbocycles. The third-order valence-corrected chi connectivity index (χ3v) is 2.92. The minimum absolute atomic E-state index is 0.128. The van der Waals surface area contributed by atoms with Crippen LogP contribution in [0.3, 0.4) is 0 Å². The van der Waals surface area contributed by atoms with Crippen LogP contribution in [0.1, 0.15) is 0 Å². The highest BCUT2D eigenvalue weighted by Crippen LogP contribution is 2.25. The van der Waals surface area contributed by atoms with Crippen molar-refractivity contribution < 1.29 is 19.4 Å². The van der Waals surface area contributed by atoms with Crippen LogP contribution in [0.25, 0.3) is 0 Å². The monoisotopic (exact) mass is 350 g/mol. The zero-order valence-electron chi connectivity index (χ0n) is 9.94. The van der Waals surface area contributed by atoms with Crippen molar-refractivity contribution in [2.75, 3.05) is 19.0 Å². The predicted octanol–water partition coefficient (Wildman–Crippen LogP) is 2.32. The van der Waals surface area contributed by atoms with E-state index in [1.165, 1.54) is 7.11 Å². The Morgan fingerprint density at radius 2 is 2.21 bits per heavy atom. The first kappa shape index (κ1) is 15.7. The minimum atomic E-state index is -1.18. The summed E-state index contributed by atoms with van der Waals surface area (Å²) in [5.41, 5.74) is 0.379. The van der Waals surface area contributed by atoms with Crippen molar-refractivity contribution >= 4 is 45.2 Å². The number of anilines is 1. The Bertz CT molecular complexity index is 484. The number of aliphatic carboxylic acids is 1. The van der Waals surface area contributed by atoms with Gasteiger partial charge in [0.05, 0.1) is 17.3 Å². The van der Waals surface area contributed by atoms with E-state index in [4.69, 9.17) is 21.4 Å². The Labute approximate surface area is 123 Å². The normalized spacial score (nSPS) is 11.7. The molecule has 0 saturated carbocycles. The van der Waals surface area contributed by atoms with Crippen LogP contribution >= 0.6 is 27.5 Å². The number of halogens is 2. The summed E-state index contributed by atoms with van der Waals surface area (Å²) in [6, 6.07) is 3.11. The average molecular weight is 352 g/mol. The van der Waals surface area contributed by atoms with Crippen molar-refractivity contribution in [1.82, 2.24) is 5.32 Å². The highest BCUT2D eigenvalue weighted by atomic mass is 79.9. The van der Waals surface area contributed by atoms with E-state index in [0.29, 0.717) is 10.7 Å². The Kier molecular flexibility index (Phi) is 6.07. The molecule has 8 heteroatoms. The second-order valence-corrected chi connectivity index (χ2v) is 4.89. The average Bonchev–Trinajstić information content (AvgIpc) is 2.32. The number of hydrogen-bond donors (Lipinski definition) is 3. The van der Waals surface area contributed by atoms with E-state index >= 15 is 0 Å². The SMILES string of the molecule is COCC(NC(=O)Nc1ccc(Br)cc1Cl)C(=O)O. The molecular formula is C11H12BrClN2O4. The predicted molar refractivity (Wildman–Crippen MR) is 74.6 cm³/mol. The molecule has 6 nitrogen and oxygen atoms in total. The summed E-state index contributed by atoms with van der Waals surface area (Å²) in [6.07, 6.45) is 0. The third-order valence-electron chi connectivity index (χ3n) is 2.12. The topological polar surface area (TPSA) is 87.7 Å². The van der Waals surface area contributed by atoms with Crippen LogP contribution in [0.15, 0.2) is 22.7 Å². The molecule has 0 fully saturated rings.